The van der Waals surface area contributed by atoms with Crippen LogP contribution in [0.1, 0.15) is 34.5 Å². The van der Waals surface area contributed by atoms with E-state index in [1.807, 2.05) is 0 Å². The number of nitrogens with zero attached hydrogens (tertiary/aromatic N) is 1. The molecule has 2 heterocycles. The minimum Gasteiger partial charge on any atom is -0.493 e. The van der Waals surface area contributed by atoms with Crippen molar-refractivity contribution in [1.82, 2.24) is 10.2 Å². The van der Waals surface area contributed by atoms with Gasteiger partial charge in [0, 0.05) is 5.70 Å². The average molecular weight is 454 g/mol. The summed E-state index contributed by atoms with van der Waals surface area (Å²) in [6.07, 6.45) is 0. The minimum atomic E-state index is -1.04. The molecule has 1 atom stereocenters. The van der Waals surface area contributed by atoms with Crippen LogP contribution in [0.3, 0.4) is 0 Å². The van der Waals surface area contributed by atoms with E-state index in [0.29, 0.717) is 34.1 Å². The molecule has 33 heavy (non-hydrogen) atoms. The van der Waals surface area contributed by atoms with Crippen molar-refractivity contribution in [3.8, 4) is 17.2 Å². The van der Waals surface area contributed by atoms with Gasteiger partial charge in [0.2, 0.25) is 12.5 Å². The van der Waals surface area contributed by atoms with Crippen molar-refractivity contribution < 1.29 is 38.4 Å². The third-order valence-electron chi connectivity index (χ3n) is 5.56. The lowest BCUT2D eigenvalue weighted by molar-refractivity contribution is -0.136. The summed E-state index contributed by atoms with van der Waals surface area (Å²) in [5, 5.41) is 11.9. The number of allylic oxidation sites excluding steroid dienone is 1. The van der Waals surface area contributed by atoms with Gasteiger partial charge in [-0.3, -0.25) is 4.90 Å². The molecule has 0 aliphatic carbocycles. The number of methoxy groups -OCH3 is 2. The highest BCUT2D eigenvalue weighted by Gasteiger charge is 2.37. The fourth-order valence-corrected chi connectivity index (χ4v) is 3.85. The van der Waals surface area contributed by atoms with Gasteiger partial charge in [-0.1, -0.05) is 12.1 Å². The quantitative estimate of drug-likeness (QED) is 0.639. The Bertz CT molecular complexity index is 1160. The van der Waals surface area contributed by atoms with Gasteiger partial charge < -0.3 is 29.4 Å². The molecule has 4 rings (SSSR count). The number of amides is 2. The number of fused-ring (bicyclic) bond motifs is 1. The number of carbonyl (C=O) groups is 3. The zero-order chi connectivity index (χ0) is 23.7. The van der Waals surface area contributed by atoms with Crippen LogP contribution in [0.5, 0.6) is 17.2 Å². The highest BCUT2D eigenvalue weighted by molar-refractivity contribution is 5.95. The number of benzene rings is 2. The molecule has 2 aromatic carbocycles. The second-order valence-electron chi connectivity index (χ2n) is 7.42. The van der Waals surface area contributed by atoms with E-state index in [1.54, 1.807) is 31.2 Å². The number of hydrogen-bond donors (Lipinski definition) is 2. The van der Waals surface area contributed by atoms with Crippen molar-refractivity contribution in [3.05, 3.63) is 64.4 Å². The van der Waals surface area contributed by atoms with Crippen molar-refractivity contribution in [2.45, 2.75) is 19.5 Å². The van der Waals surface area contributed by atoms with Crippen LogP contribution in [0.25, 0.3) is 0 Å². The number of esters is 1. The SMILES string of the molecule is COC(=O)C1=C(C)N(Cc2ccc(C(=O)O)cc2)C(=O)NC1c1cc(OC)c2c(c1)OCO2. The Kier molecular flexibility index (Phi) is 5.82. The lowest BCUT2D eigenvalue weighted by Crippen LogP contribution is -2.47. The molecule has 2 aliphatic rings. The van der Waals surface area contributed by atoms with Gasteiger partial charge in [-0.05, 0) is 42.3 Å². The number of hydrogen-bond acceptors (Lipinski definition) is 7. The summed E-state index contributed by atoms with van der Waals surface area (Å²) in [5.74, 6) is -0.322. The van der Waals surface area contributed by atoms with E-state index in [2.05, 4.69) is 5.32 Å². The molecule has 0 saturated carbocycles. The molecule has 0 aromatic heterocycles. The number of carboxylic acid groups (broad SMARTS) is 1. The average Bonchev–Trinajstić information content (AvgIpc) is 3.29. The van der Waals surface area contributed by atoms with E-state index >= 15 is 0 Å². The first-order chi connectivity index (χ1) is 15.8. The predicted molar refractivity (Wildman–Crippen MR) is 114 cm³/mol. The van der Waals surface area contributed by atoms with Gasteiger partial charge in [0.1, 0.15) is 0 Å². The summed E-state index contributed by atoms with van der Waals surface area (Å²) in [6, 6.07) is 8.29. The number of rotatable bonds is 6. The summed E-state index contributed by atoms with van der Waals surface area (Å²) >= 11 is 0. The Labute approximate surface area is 189 Å². The van der Waals surface area contributed by atoms with Crippen molar-refractivity contribution in [1.29, 1.82) is 0 Å². The number of ether oxygens (including phenoxy) is 4. The smallest absolute Gasteiger partial charge is 0.337 e. The van der Waals surface area contributed by atoms with Gasteiger partial charge in [-0.25, -0.2) is 14.4 Å². The Balaban J connectivity index is 1.72. The molecule has 10 nitrogen and oxygen atoms in total. The van der Waals surface area contributed by atoms with Crippen molar-refractivity contribution in [3.63, 3.8) is 0 Å². The maximum atomic E-state index is 13.1. The number of nitrogens with one attached hydrogen (secondary N) is 1. The minimum absolute atomic E-state index is 0.0410. The van der Waals surface area contributed by atoms with Gasteiger partial charge in [-0.15, -0.1) is 0 Å². The highest BCUT2D eigenvalue weighted by Crippen LogP contribution is 2.44. The Morgan fingerprint density at radius 1 is 1.18 bits per heavy atom. The Hall–Kier alpha value is -4.21. The van der Waals surface area contributed by atoms with Crippen LogP contribution in [0.4, 0.5) is 4.79 Å². The molecule has 2 aliphatic heterocycles. The monoisotopic (exact) mass is 454 g/mol. The summed E-state index contributed by atoms with van der Waals surface area (Å²) in [6.45, 7) is 1.84. The van der Waals surface area contributed by atoms with Crippen LogP contribution in [0, 0.1) is 0 Å². The fourth-order valence-electron chi connectivity index (χ4n) is 3.85. The first-order valence-corrected chi connectivity index (χ1v) is 10.0. The zero-order valence-corrected chi connectivity index (χ0v) is 18.2. The third kappa shape index (κ3) is 4.02. The molecular formula is C23H22N2O8. The van der Waals surface area contributed by atoms with Crippen molar-refractivity contribution in [2.24, 2.45) is 0 Å². The van der Waals surface area contributed by atoms with E-state index in [1.165, 1.54) is 31.3 Å². The largest absolute Gasteiger partial charge is 0.493 e. The lowest BCUT2D eigenvalue weighted by Gasteiger charge is -2.35. The molecular weight excluding hydrogens is 432 g/mol. The van der Waals surface area contributed by atoms with E-state index in [4.69, 9.17) is 24.1 Å². The molecule has 2 aromatic rings. The van der Waals surface area contributed by atoms with Gasteiger partial charge in [0.05, 0.1) is 37.9 Å². The normalized spacial score (nSPS) is 17.0. The summed E-state index contributed by atoms with van der Waals surface area (Å²) < 4.78 is 21.3. The molecule has 0 spiro atoms. The molecule has 0 radical (unpaired) electrons. The topological polar surface area (TPSA) is 124 Å². The number of carboxylic acids is 1. The molecule has 1 unspecified atom stereocenters. The Morgan fingerprint density at radius 3 is 2.55 bits per heavy atom. The maximum Gasteiger partial charge on any atom is 0.337 e. The first kappa shape index (κ1) is 22.0. The Morgan fingerprint density at radius 2 is 1.91 bits per heavy atom. The van der Waals surface area contributed by atoms with Gasteiger partial charge >= 0.3 is 18.0 Å². The van der Waals surface area contributed by atoms with E-state index < -0.39 is 24.0 Å². The van der Waals surface area contributed by atoms with E-state index in [0.717, 1.165) is 0 Å². The molecule has 10 heteroatoms. The fraction of sp³-hybridized carbons (Fsp3) is 0.261. The van der Waals surface area contributed by atoms with E-state index in [-0.39, 0.29) is 24.5 Å². The molecule has 0 saturated heterocycles. The van der Waals surface area contributed by atoms with E-state index in [9.17, 15) is 14.4 Å². The van der Waals surface area contributed by atoms with Crippen LogP contribution in [0.2, 0.25) is 0 Å². The number of aromatic carboxylic acids is 1. The van der Waals surface area contributed by atoms with Gasteiger partial charge in [0.25, 0.3) is 0 Å². The van der Waals surface area contributed by atoms with Crippen LogP contribution in [0.15, 0.2) is 47.7 Å². The molecule has 0 bridgehead atoms. The standard InChI is InChI=1S/C23H22N2O8/c1-12-18(22(28)31-3)19(15-8-16(30-2)20-17(9-15)32-11-33-20)24-23(29)25(12)10-13-4-6-14(7-5-13)21(26)27/h4-9,19H,10-11H2,1-3H3,(H,24,29)(H,26,27). The van der Waals surface area contributed by atoms with Crippen molar-refractivity contribution in [2.75, 3.05) is 21.0 Å². The highest BCUT2D eigenvalue weighted by atomic mass is 16.7. The maximum absolute atomic E-state index is 13.1. The lowest BCUT2D eigenvalue weighted by atomic mass is 9.94. The van der Waals surface area contributed by atoms with Crippen LogP contribution >= 0.6 is 0 Å². The number of urea groups is 1. The predicted octanol–water partition coefficient (Wildman–Crippen LogP) is 2.84. The van der Waals surface area contributed by atoms with Gasteiger partial charge in [-0.2, -0.15) is 0 Å². The zero-order valence-electron chi connectivity index (χ0n) is 18.2. The van der Waals surface area contributed by atoms with Gasteiger partial charge in [0.15, 0.2) is 11.5 Å². The second kappa shape index (κ2) is 8.73. The summed E-state index contributed by atoms with van der Waals surface area (Å²) in [7, 11) is 2.76. The summed E-state index contributed by atoms with van der Waals surface area (Å²) in [5.41, 5.74) is 2.06. The van der Waals surface area contributed by atoms with Crippen LogP contribution < -0.4 is 19.5 Å². The first-order valence-electron chi connectivity index (χ1n) is 10.0. The van der Waals surface area contributed by atoms with Crippen LogP contribution in [-0.2, 0) is 16.1 Å². The molecule has 2 amide bonds. The number of carbonyl (C=O) groups excluding carboxylic acids is 2. The second-order valence-corrected chi connectivity index (χ2v) is 7.42. The summed E-state index contributed by atoms with van der Waals surface area (Å²) in [4.78, 5) is 38.3. The molecule has 172 valence electrons. The third-order valence-corrected chi connectivity index (χ3v) is 5.56. The van der Waals surface area contributed by atoms with Crippen molar-refractivity contribution >= 4 is 18.0 Å². The molecule has 0 fully saturated rings. The molecule has 2 N–H and O–H groups in total. The van der Waals surface area contributed by atoms with Crippen LogP contribution in [-0.4, -0.2) is 49.0 Å².